The van der Waals surface area contributed by atoms with Gasteiger partial charge in [0.2, 0.25) is 0 Å². The van der Waals surface area contributed by atoms with E-state index in [2.05, 4.69) is 20.7 Å². The van der Waals surface area contributed by atoms with Crippen molar-refractivity contribution in [1.82, 2.24) is 14.8 Å². The van der Waals surface area contributed by atoms with Crippen LogP contribution in [-0.2, 0) is 7.05 Å². The Kier molecular flexibility index (Phi) is 5.71. The summed E-state index contributed by atoms with van der Waals surface area (Å²) in [5.74, 6) is -2.40. The zero-order chi connectivity index (χ0) is 22.7. The van der Waals surface area contributed by atoms with E-state index < -0.39 is 17.5 Å². The number of carbonyl (C=O) groups is 2. The molecule has 0 saturated heterocycles. The summed E-state index contributed by atoms with van der Waals surface area (Å²) < 4.78 is 28.9. The summed E-state index contributed by atoms with van der Waals surface area (Å²) in [7, 11) is 1.59. The van der Waals surface area contributed by atoms with Gasteiger partial charge in [0.1, 0.15) is 17.3 Å². The molecule has 160 valence electrons. The standard InChI is InChI=1S/C23H17F2N5O2/c1-30-13-19(21(29-30)18-6-5-15(24)11-20(18)25)23(32)28-17-4-2-3-16(12-17)27-22(31)14-7-9-26-10-8-14/h2-13H,1H3,(H,27,31)(H,28,32). The Hall–Kier alpha value is -4.40. The zero-order valence-corrected chi connectivity index (χ0v) is 16.8. The number of aromatic nitrogens is 3. The molecule has 0 aliphatic heterocycles. The highest BCUT2D eigenvalue weighted by molar-refractivity contribution is 6.09. The van der Waals surface area contributed by atoms with Gasteiger partial charge in [-0.25, -0.2) is 8.78 Å². The molecule has 4 rings (SSSR count). The van der Waals surface area contributed by atoms with Crippen LogP contribution < -0.4 is 10.6 Å². The van der Waals surface area contributed by atoms with Crippen molar-refractivity contribution < 1.29 is 18.4 Å². The number of benzene rings is 2. The number of carbonyl (C=O) groups excluding carboxylic acids is 2. The van der Waals surface area contributed by atoms with Crippen molar-refractivity contribution in [2.75, 3.05) is 10.6 Å². The van der Waals surface area contributed by atoms with Gasteiger partial charge in [-0.1, -0.05) is 6.07 Å². The number of rotatable bonds is 5. The monoisotopic (exact) mass is 433 g/mol. The van der Waals surface area contributed by atoms with E-state index in [1.807, 2.05) is 0 Å². The summed E-state index contributed by atoms with van der Waals surface area (Å²) in [5.41, 5.74) is 1.54. The maximum Gasteiger partial charge on any atom is 0.259 e. The Labute approximate surface area is 181 Å². The number of amides is 2. The van der Waals surface area contributed by atoms with Gasteiger partial charge < -0.3 is 10.6 Å². The third-order valence-electron chi connectivity index (χ3n) is 4.58. The van der Waals surface area contributed by atoms with Gasteiger partial charge in [-0.3, -0.25) is 19.3 Å². The average Bonchev–Trinajstić information content (AvgIpc) is 3.16. The molecule has 9 heteroatoms. The van der Waals surface area contributed by atoms with Crippen molar-refractivity contribution >= 4 is 23.2 Å². The van der Waals surface area contributed by atoms with Crippen molar-refractivity contribution in [3.05, 3.63) is 95.9 Å². The van der Waals surface area contributed by atoms with Crippen molar-refractivity contribution in [2.24, 2.45) is 7.05 Å². The third kappa shape index (κ3) is 4.51. The second kappa shape index (κ2) is 8.76. The van der Waals surface area contributed by atoms with Crippen molar-refractivity contribution in [3.63, 3.8) is 0 Å². The van der Waals surface area contributed by atoms with Crippen molar-refractivity contribution in [2.45, 2.75) is 0 Å². The molecule has 0 fully saturated rings. The van der Waals surface area contributed by atoms with E-state index in [1.165, 1.54) is 29.3 Å². The number of hydrogen-bond donors (Lipinski definition) is 2. The summed E-state index contributed by atoms with van der Waals surface area (Å²) in [6, 6.07) is 12.8. The predicted molar refractivity (Wildman–Crippen MR) is 115 cm³/mol. The van der Waals surface area contributed by atoms with Gasteiger partial charge in [-0.15, -0.1) is 0 Å². The van der Waals surface area contributed by atoms with Crippen LogP contribution in [0.1, 0.15) is 20.7 Å². The molecule has 32 heavy (non-hydrogen) atoms. The summed E-state index contributed by atoms with van der Waals surface area (Å²) in [5, 5.41) is 9.62. The summed E-state index contributed by atoms with van der Waals surface area (Å²) in [4.78, 5) is 29.1. The van der Waals surface area contributed by atoms with Crippen molar-refractivity contribution in [1.29, 1.82) is 0 Å². The number of hydrogen-bond acceptors (Lipinski definition) is 4. The van der Waals surface area contributed by atoms with Gasteiger partial charge in [0, 0.05) is 54.2 Å². The minimum atomic E-state index is -0.821. The predicted octanol–water partition coefficient (Wildman–Crippen LogP) is 4.26. The molecule has 0 aliphatic carbocycles. The molecule has 2 amide bonds. The van der Waals surface area contributed by atoms with Crippen LogP contribution in [0.4, 0.5) is 20.2 Å². The molecular formula is C23H17F2N5O2. The number of anilines is 2. The number of nitrogens with zero attached hydrogens (tertiary/aromatic N) is 3. The maximum atomic E-state index is 14.3. The highest BCUT2D eigenvalue weighted by Gasteiger charge is 2.20. The fourth-order valence-corrected chi connectivity index (χ4v) is 3.11. The van der Waals surface area contributed by atoms with E-state index in [0.717, 1.165) is 12.1 Å². The lowest BCUT2D eigenvalue weighted by Crippen LogP contribution is -2.14. The van der Waals surface area contributed by atoms with E-state index in [0.29, 0.717) is 16.9 Å². The zero-order valence-electron chi connectivity index (χ0n) is 16.8. The third-order valence-corrected chi connectivity index (χ3v) is 4.58. The van der Waals surface area contributed by atoms with Crippen LogP contribution in [0.5, 0.6) is 0 Å². The largest absolute Gasteiger partial charge is 0.322 e. The Morgan fingerprint density at radius 3 is 2.28 bits per heavy atom. The first-order valence-corrected chi connectivity index (χ1v) is 9.52. The number of pyridine rings is 1. The van der Waals surface area contributed by atoms with E-state index in [4.69, 9.17) is 0 Å². The molecule has 0 atom stereocenters. The molecule has 0 unspecified atom stereocenters. The second-order valence-corrected chi connectivity index (χ2v) is 6.91. The molecule has 7 nitrogen and oxygen atoms in total. The first kappa shape index (κ1) is 20.9. The molecule has 0 aliphatic rings. The topological polar surface area (TPSA) is 88.9 Å². The molecule has 2 aromatic heterocycles. The number of nitrogens with one attached hydrogen (secondary N) is 2. The lowest BCUT2D eigenvalue weighted by atomic mass is 10.1. The van der Waals surface area contributed by atoms with E-state index in [9.17, 15) is 18.4 Å². The normalized spacial score (nSPS) is 10.6. The van der Waals surface area contributed by atoms with Crippen LogP contribution in [0.15, 0.2) is 73.2 Å². The van der Waals surface area contributed by atoms with E-state index in [1.54, 1.807) is 43.4 Å². The van der Waals surface area contributed by atoms with Crippen molar-refractivity contribution in [3.8, 4) is 11.3 Å². The number of aryl methyl sites for hydroxylation is 1. The lowest BCUT2D eigenvalue weighted by molar-refractivity contribution is 0.101. The maximum absolute atomic E-state index is 14.3. The molecule has 0 saturated carbocycles. The Morgan fingerprint density at radius 1 is 0.906 bits per heavy atom. The minimum Gasteiger partial charge on any atom is -0.322 e. The van der Waals surface area contributed by atoms with Crippen LogP contribution in [0.25, 0.3) is 11.3 Å². The molecule has 0 radical (unpaired) electrons. The molecule has 0 bridgehead atoms. The Balaban J connectivity index is 1.55. The van der Waals surface area contributed by atoms with Crippen LogP contribution in [-0.4, -0.2) is 26.6 Å². The average molecular weight is 433 g/mol. The summed E-state index contributed by atoms with van der Waals surface area (Å²) in [6.45, 7) is 0. The molecular weight excluding hydrogens is 416 g/mol. The lowest BCUT2D eigenvalue weighted by Gasteiger charge is -2.09. The van der Waals surface area contributed by atoms with Crippen LogP contribution >= 0.6 is 0 Å². The Morgan fingerprint density at radius 2 is 1.59 bits per heavy atom. The van der Waals surface area contributed by atoms with Gasteiger partial charge in [0.05, 0.1) is 5.56 Å². The molecule has 0 spiro atoms. The van der Waals surface area contributed by atoms with Crippen LogP contribution in [0.3, 0.4) is 0 Å². The first-order valence-electron chi connectivity index (χ1n) is 9.52. The van der Waals surface area contributed by atoms with E-state index >= 15 is 0 Å². The second-order valence-electron chi connectivity index (χ2n) is 6.91. The molecule has 2 aromatic carbocycles. The van der Waals surface area contributed by atoms with Crippen LogP contribution in [0.2, 0.25) is 0 Å². The summed E-state index contributed by atoms with van der Waals surface area (Å²) >= 11 is 0. The highest BCUT2D eigenvalue weighted by Crippen LogP contribution is 2.26. The molecule has 2 heterocycles. The van der Waals surface area contributed by atoms with Gasteiger partial charge >= 0.3 is 0 Å². The van der Waals surface area contributed by atoms with Gasteiger partial charge in [-0.2, -0.15) is 5.10 Å². The first-order chi connectivity index (χ1) is 15.4. The Bertz CT molecular complexity index is 1310. The van der Waals surface area contributed by atoms with E-state index in [-0.39, 0.29) is 22.7 Å². The van der Waals surface area contributed by atoms with Crippen LogP contribution in [0, 0.1) is 11.6 Å². The SMILES string of the molecule is Cn1cc(C(=O)Nc2cccc(NC(=O)c3ccncc3)c2)c(-c2ccc(F)cc2F)n1. The van der Waals surface area contributed by atoms with Gasteiger partial charge in [0.25, 0.3) is 11.8 Å². The fraction of sp³-hybridized carbons (Fsp3) is 0.0435. The highest BCUT2D eigenvalue weighted by atomic mass is 19.1. The molecule has 4 aromatic rings. The van der Waals surface area contributed by atoms with Gasteiger partial charge in [0.15, 0.2) is 0 Å². The number of halogens is 2. The smallest absolute Gasteiger partial charge is 0.259 e. The minimum absolute atomic E-state index is 0.00974. The van der Waals surface area contributed by atoms with Gasteiger partial charge in [-0.05, 0) is 42.5 Å². The summed E-state index contributed by atoms with van der Waals surface area (Å²) in [6.07, 6.45) is 4.48. The molecule has 2 N–H and O–H groups in total. The fourth-order valence-electron chi connectivity index (χ4n) is 3.11. The quantitative estimate of drug-likeness (QED) is 0.492.